The molecule has 0 unspecified atom stereocenters. The minimum Gasteiger partial charge on any atom is -0.461 e. The molecule has 0 saturated heterocycles. The van der Waals surface area contributed by atoms with Crippen molar-refractivity contribution in [2.45, 2.75) is 12.8 Å². The molecule has 1 aromatic carbocycles. The zero-order valence-electron chi connectivity index (χ0n) is 8.57. The van der Waals surface area contributed by atoms with Gasteiger partial charge in [-0.15, -0.1) is 0 Å². The highest BCUT2D eigenvalue weighted by molar-refractivity contribution is 5.85. The van der Waals surface area contributed by atoms with Crippen molar-refractivity contribution in [1.82, 2.24) is 0 Å². The summed E-state index contributed by atoms with van der Waals surface area (Å²) in [7, 11) is 0. The van der Waals surface area contributed by atoms with Crippen LogP contribution in [0.2, 0.25) is 0 Å². The van der Waals surface area contributed by atoms with E-state index in [9.17, 15) is 18.4 Å². The number of carbonyl (C=O) groups excluding carboxylic acids is 2. The molecule has 3 nitrogen and oxygen atoms in total. The summed E-state index contributed by atoms with van der Waals surface area (Å²) in [6.07, 6.45) is 0.280. The Morgan fingerprint density at radius 2 is 2.06 bits per heavy atom. The Hall–Kier alpha value is -1.78. The van der Waals surface area contributed by atoms with Crippen LogP contribution in [0.5, 0.6) is 0 Å². The second-order valence-electron chi connectivity index (χ2n) is 3.00. The highest BCUT2D eigenvalue weighted by Gasteiger charge is 2.44. The minimum absolute atomic E-state index is 0.141. The molecule has 0 amide bonds. The van der Waals surface area contributed by atoms with E-state index in [4.69, 9.17) is 0 Å². The Labute approximate surface area is 91.0 Å². The Morgan fingerprint density at radius 1 is 1.44 bits per heavy atom. The molecule has 0 aromatic heterocycles. The molecular formula is C11H10F2O3. The van der Waals surface area contributed by atoms with Gasteiger partial charge in [0.05, 0.1) is 6.61 Å². The van der Waals surface area contributed by atoms with Gasteiger partial charge in [0, 0.05) is 11.1 Å². The summed E-state index contributed by atoms with van der Waals surface area (Å²) in [5.41, 5.74) is -0.857. The van der Waals surface area contributed by atoms with E-state index >= 15 is 0 Å². The molecule has 0 heterocycles. The van der Waals surface area contributed by atoms with Crippen molar-refractivity contribution < 1.29 is 23.1 Å². The standard InChI is InChI=1S/C11H10F2O3/c1-2-16-10(15)11(12,13)9-6-4-3-5-8(9)7-14/h3-7H,2H2,1H3. The zero-order chi connectivity index (χ0) is 12.2. The summed E-state index contributed by atoms with van der Waals surface area (Å²) in [4.78, 5) is 21.6. The number of aldehydes is 1. The zero-order valence-corrected chi connectivity index (χ0v) is 8.57. The first-order chi connectivity index (χ1) is 7.54. The molecule has 1 aromatic rings. The average molecular weight is 228 g/mol. The van der Waals surface area contributed by atoms with Gasteiger partial charge < -0.3 is 4.74 Å². The van der Waals surface area contributed by atoms with Gasteiger partial charge in [-0.2, -0.15) is 8.78 Å². The first-order valence-corrected chi connectivity index (χ1v) is 4.63. The predicted octanol–water partition coefficient (Wildman–Crippen LogP) is 2.15. The van der Waals surface area contributed by atoms with Crippen LogP contribution in [0.15, 0.2) is 24.3 Å². The molecule has 16 heavy (non-hydrogen) atoms. The van der Waals surface area contributed by atoms with Crippen LogP contribution < -0.4 is 0 Å². The first-order valence-electron chi connectivity index (χ1n) is 4.63. The number of benzene rings is 1. The molecule has 0 aliphatic carbocycles. The lowest BCUT2D eigenvalue weighted by atomic mass is 10.0. The summed E-state index contributed by atoms with van der Waals surface area (Å²) in [5.74, 6) is -5.45. The molecule has 0 aliphatic heterocycles. The number of rotatable bonds is 4. The summed E-state index contributed by atoms with van der Waals surface area (Å²) >= 11 is 0. The van der Waals surface area contributed by atoms with E-state index in [1.165, 1.54) is 25.1 Å². The van der Waals surface area contributed by atoms with Crippen molar-refractivity contribution in [1.29, 1.82) is 0 Å². The fraction of sp³-hybridized carbons (Fsp3) is 0.273. The highest BCUT2D eigenvalue weighted by atomic mass is 19.3. The van der Waals surface area contributed by atoms with Gasteiger partial charge in [-0.25, -0.2) is 4.79 Å². The third kappa shape index (κ3) is 2.24. The Morgan fingerprint density at radius 3 is 2.62 bits per heavy atom. The summed E-state index contributed by atoms with van der Waals surface area (Å²) in [6, 6.07) is 5.01. The van der Waals surface area contributed by atoms with E-state index in [2.05, 4.69) is 4.74 Å². The van der Waals surface area contributed by atoms with Crippen LogP contribution in [0.3, 0.4) is 0 Å². The maximum absolute atomic E-state index is 13.6. The lowest BCUT2D eigenvalue weighted by Gasteiger charge is -2.16. The van der Waals surface area contributed by atoms with Crippen molar-refractivity contribution in [3.63, 3.8) is 0 Å². The Bertz CT molecular complexity index is 402. The molecule has 0 saturated carbocycles. The lowest BCUT2D eigenvalue weighted by molar-refractivity contribution is -0.173. The number of esters is 1. The number of alkyl halides is 2. The topological polar surface area (TPSA) is 43.4 Å². The van der Waals surface area contributed by atoms with Gasteiger partial charge in [-0.05, 0) is 6.92 Å². The molecule has 0 radical (unpaired) electrons. The van der Waals surface area contributed by atoms with E-state index in [1.807, 2.05) is 0 Å². The van der Waals surface area contributed by atoms with Gasteiger partial charge in [-0.1, -0.05) is 24.3 Å². The van der Waals surface area contributed by atoms with E-state index < -0.39 is 17.5 Å². The first kappa shape index (κ1) is 12.3. The quantitative estimate of drug-likeness (QED) is 0.585. The van der Waals surface area contributed by atoms with E-state index in [0.29, 0.717) is 0 Å². The summed E-state index contributed by atoms with van der Waals surface area (Å²) < 4.78 is 31.4. The van der Waals surface area contributed by atoms with Crippen LogP contribution in [0.1, 0.15) is 22.8 Å². The number of carbonyl (C=O) groups is 2. The maximum atomic E-state index is 13.6. The average Bonchev–Trinajstić information content (AvgIpc) is 2.29. The summed E-state index contributed by atoms with van der Waals surface area (Å²) in [5, 5.41) is 0. The van der Waals surface area contributed by atoms with Crippen LogP contribution in [0.25, 0.3) is 0 Å². The van der Waals surface area contributed by atoms with Gasteiger partial charge in [0.25, 0.3) is 0 Å². The van der Waals surface area contributed by atoms with Crippen LogP contribution in [0.4, 0.5) is 8.78 Å². The molecule has 0 N–H and O–H groups in total. The maximum Gasteiger partial charge on any atom is 0.382 e. The van der Waals surface area contributed by atoms with Crippen LogP contribution in [0, 0.1) is 0 Å². The molecule has 0 spiro atoms. The third-order valence-electron chi connectivity index (χ3n) is 1.96. The van der Waals surface area contributed by atoms with Crippen molar-refractivity contribution in [2.75, 3.05) is 6.61 Å². The van der Waals surface area contributed by atoms with Crippen LogP contribution in [-0.4, -0.2) is 18.9 Å². The largest absolute Gasteiger partial charge is 0.461 e. The van der Waals surface area contributed by atoms with Gasteiger partial charge in [0.1, 0.15) is 0 Å². The predicted molar refractivity (Wildman–Crippen MR) is 52.4 cm³/mol. The molecule has 0 atom stereocenters. The fourth-order valence-electron chi connectivity index (χ4n) is 1.22. The van der Waals surface area contributed by atoms with Gasteiger partial charge in [0.15, 0.2) is 6.29 Å². The van der Waals surface area contributed by atoms with Crippen molar-refractivity contribution in [2.24, 2.45) is 0 Å². The van der Waals surface area contributed by atoms with Gasteiger partial charge in [0.2, 0.25) is 0 Å². The van der Waals surface area contributed by atoms with E-state index in [-0.39, 0.29) is 18.5 Å². The van der Waals surface area contributed by atoms with Crippen molar-refractivity contribution >= 4 is 12.3 Å². The van der Waals surface area contributed by atoms with Crippen molar-refractivity contribution in [3.05, 3.63) is 35.4 Å². The smallest absolute Gasteiger partial charge is 0.382 e. The SMILES string of the molecule is CCOC(=O)C(F)(F)c1ccccc1C=O. The molecule has 0 bridgehead atoms. The number of ether oxygens (including phenoxy) is 1. The normalized spacial score (nSPS) is 10.9. The minimum atomic E-state index is -3.80. The number of halogens is 2. The highest BCUT2D eigenvalue weighted by Crippen LogP contribution is 2.31. The Balaban J connectivity index is 3.15. The number of hydrogen-bond acceptors (Lipinski definition) is 3. The molecular weight excluding hydrogens is 218 g/mol. The second kappa shape index (κ2) is 4.83. The molecule has 5 heteroatoms. The second-order valence-corrected chi connectivity index (χ2v) is 3.00. The molecule has 1 rings (SSSR count). The van der Waals surface area contributed by atoms with Crippen LogP contribution in [-0.2, 0) is 15.5 Å². The summed E-state index contributed by atoms with van der Waals surface area (Å²) in [6.45, 7) is 1.29. The molecule has 0 fully saturated rings. The third-order valence-corrected chi connectivity index (χ3v) is 1.96. The fourth-order valence-corrected chi connectivity index (χ4v) is 1.22. The van der Waals surface area contributed by atoms with E-state index in [1.54, 1.807) is 0 Å². The van der Waals surface area contributed by atoms with E-state index in [0.717, 1.165) is 6.07 Å². The number of hydrogen-bond donors (Lipinski definition) is 0. The van der Waals surface area contributed by atoms with Gasteiger partial charge >= 0.3 is 11.9 Å². The lowest BCUT2D eigenvalue weighted by Crippen LogP contribution is -2.29. The Kier molecular flexibility index (Phi) is 3.71. The molecule has 86 valence electrons. The van der Waals surface area contributed by atoms with Crippen molar-refractivity contribution in [3.8, 4) is 0 Å². The van der Waals surface area contributed by atoms with Gasteiger partial charge in [-0.3, -0.25) is 4.79 Å². The monoisotopic (exact) mass is 228 g/mol. The van der Waals surface area contributed by atoms with Crippen LogP contribution >= 0.6 is 0 Å². The molecule has 0 aliphatic rings.